The first-order valence-electron chi connectivity index (χ1n) is 10.0. The Labute approximate surface area is 179 Å². The minimum Gasteiger partial charge on any atom is -0.449 e. The Bertz CT molecular complexity index is 1100. The molecule has 1 amide bonds. The molecule has 0 bridgehead atoms. The number of carbonyl (C=O) groups is 1. The fraction of sp³-hybridized carbons (Fsp3) is 0.160. The van der Waals surface area contributed by atoms with Gasteiger partial charge >= 0.3 is 6.09 Å². The highest BCUT2D eigenvalue weighted by molar-refractivity contribution is 5.79. The Kier molecular flexibility index (Phi) is 5.98. The maximum absolute atomic E-state index is 13.3. The molecule has 6 heteroatoms. The summed E-state index contributed by atoms with van der Waals surface area (Å²) in [6.07, 6.45) is 3.31. The van der Waals surface area contributed by atoms with Crippen LogP contribution in [0.5, 0.6) is 0 Å². The zero-order valence-electron chi connectivity index (χ0n) is 16.8. The highest BCUT2D eigenvalue weighted by Crippen LogP contribution is 2.44. The molecule has 0 aliphatic heterocycles. The summed E-state index contributed by atoms with van der Waals surface area (Å²) in [5.41, 5.74) is 10.9. The van der Waals surface area contributed by atoms with Crippen molar-refractivity contribution in [1.82, 2.24) is 5.32 Å². The number of halogens is 2. The van der Waals surface area contributed by atoms with Crippen LogP contribution in [0.1, 0.15) is 29.0 Å². The van der Waals surface area contributed by atoms with Crippen LogP contribution >= 0.6 is 0 Å². The van der Waals surface area contributed by atoms with Crippen molar-refractivity contribution >= 4 is 17.9 Å². The largest absolute Gasteiger partial charge is 0.449 e. The number of fused-ring (bicyclic) bond motifs is 3. The lowest BCUT2D eigenvalue weighted by Crippen LogP contribution is -2.26. The van der Waals surface area contributed by atoms with Gasteiger partial charge in [-0.15, -0.1) is 0 Å². The Hall–Kier alpha value is -3.67. The molecule has 0 aromatic heterocycles. The molecule has 158 valence electrons. The van der Waals surface area contributed by atoms with Gasteiger partial charge in [0.25, 0.3) is 0 Å². The van der Waals surface area contributed by atoms with Crippen LogP contribution in [0.4, 0.5) is 19.3 Å². The van der Waals surface area contributed by atoms with Crippen LogP contribution in [-0.2, 0) is 4.74 Å². The minimum absolute atomic E-state index is 0.00870. The lowest BCUT2D eigenvalue weighted by atomic mass is 9.98. The predicted molar refractivity (Wildman–Crippen MR) is 117 cm³/mol. The van der Waals surface area contributed by atoms with Gasteiger partial charge in [-0.1, -0.05) is 60.7 Å². The molecule has 1 aliphatic rings. The second kappa shape index (κ2) is 9.00. The van der Waals surface area contributed by atoms with Gasteiger partial charge in [0.1, 0.15) is 6.61 Å². The summed E-state index contributed by atoms with van der Waals surface area (Å²) in [7, 11) is 0. The van der Waals surface area contributed by atoms with Gasteiger partial charge in [0, 0.05) is 29.8 Å². The zero-order valence-corrected chi connectivity index (χ0v) is 16.8. The number of hydrogen-bond acceptors (Lipinski definition) is 3. The van der Waals surface area contributed by atoms with E-state index in [0.29, 0.717) is 18.5 Å². The van der Waals surface area contributed by atoms with E-state index in [-0.39, 0.29) is 18.2 Å². The second-order valence-corrected chi connectivity index (χ2v) is 7.34. The third kappa shape index (κ3) is 4.43. The standard InChI is InChI=1S/C25H22F2N2O2/c26-22-13-16(24(28)14-23(22)27)7-5-6-12-29-25(30)31-15-21-19-10-3-1-8-17(19)18-9-2-4-11-20(18)21/h1-5,7-11,13-14,21H,6,12,15,28H2,(H,29,30). The number of nitrogen functional groups attached to an aromatic ring is 1. The van der Waals surface area contributed by atoms with Crippen molar-refractivity contribution in [1.29, 1.82) is 0 Å². The summed E-state index contributed by atoms with van der Waals surface area (Å²) < 4.78 is 31.9. The van der Waals surface area contributed by atoms with Crippen LogP contribution in [-0.4, -0.2) is 19.2 Å². The fourth-order valence-electron chi connectivity index (χ4n) is 3.84. The molecule has 0 saturated heterocycles. The highest BCUT2D eigenvalue weighted by atomic mass is 19.2. The van der Waals surface area contributed by atoms with E-state index < -0.39 is 17.7 Å². The second-order valence-electron chi connectivity index (χ2n) is 7.34. The van der Waals surface area contributed by atoms with Crippen molar-refractivity contribution in [2.45, 2.75) is 12.3 Å². The fourth-order valence-corrected chi connectivity index (χ4v) is 3.84. The van der Waals surface area contributed by atoms with Gasteiger partial charge in [0.15, 0.2) is 11.6 Å². The monoisotopic (exact) mass is 420 g/mol. The van der Waals surface area contributed by atoms with E-state index in [1.807, 2.05) is 24.3 Å². The SMILES string of the molecule is Nc1cc(F)c(F)cc1C=CCCNC(=O)OCC1c2ccccc2-c2ccccc21. The number of rotatable bonds is 6. The van der Waals surface area contributed by atoms with Crippen molar-refractivity contribution in [3.8, 4) is 11.1 Å². The molecule has 1 aliphatic carbocycles. The molecule has 0 saturated carbocycles. The molecule has 0 radical (unpaired) electrons. The molecule has 0 fully saturated rings. The van der Waals surface area contributed by atoms with Gasteiger partial charge in [0.05, 0.1) is 0 Å². The summed E-state index contributed by atoms with van der Waals surface area (Å²) in [6, 6.07) is 18.3. The van der Waals surface area contributed by atoms with Crippen molar-refractivity contribution in [2.24, 2.45) is 0 Å². The van der Waals surface area contributed by atoms with Crippen LogP contribution in [0.15, 0.2) is 66.7 Å². The van der Waals surface area contributed by atoms with Crippen molar-refractivity contribution in [3.63, 3.8) is 0 Å². The Morgan fingerprint density at radius 1 is 1.00 bits per heavy atom. The number of ether oxygens (including phenoxy) is 1. The number of carbonyl (C=O) groups excluding carboxylic acids is 1. The van der Waals surface area contributed by atoms with E-state index >= 15 is 0 Å². The number of nitrogens with one attached hydrogen (secondary N) is 1. The molecule has 3 aromatic rings. The van der Waals surface area contributed by atoms with Gasteiger partial charge in [0.2, 0.25) is 0 Å². The molecular formula is C25H22F2N2O2. The van der Waals surface area contributed by atoms with Crippen LogP contribution in [0.2, 0.25) is 0 Å². The van der Waals surface area contributed by atoms with E-state index in [4.69, 9.17) is 10.5 Å². The average Bonchev–Trinajstić information content (AvgIpc) is 3.09. The molecule has 31 heavy (non-hydrogen) atoms. The molecule has 0 heterocycles. The number of nitrogens with two attached hydrogens (primary N) is 1. The van der Waals surface area contributed by atoms with E-state index in [1.54, 1.807) is 12.2 Å². The van der Waals surface area contributed by atoms with Gasteiger partial charge in [-0.05, 0) is 34.7 Å². The normalized spacial score (nSPS) is 12.6. The molecule has 4 nitrogen and oxygen atoms in total. The maximum Gasteiger partial charge on any atom is 0.407 e. The molecule has 3 N–H and O–H groups in total. The van der Waals surface area contributed by atoms with Gasteiger partial charge in [-0.3, -0.25) is 0 Å². The average molecular weight is 420 g/mol. The Morgan fingerprint density at radius 2 is 1.61 bits per heavy atom. The molecular weight excluding hydrogens is 398 g/mol. The first kappa shape index (κ1) is 20.6. The predicted octanol–water partition coefficient (Wildman–Crippen LogP) is 5.49. The summed E-state index contributed by atoms with van der Waals surface area (Å²) in [6.45, 7) is 0.595. The number of amides is 1. The van der Waals surface area contributed by atoms with Crippen LogP contribution < -0.4 is 11.1 Å². The van der Waals surface area contributed by atoms with Gasteiger partial charge < -0.3 is 15.8 Å². The van der Waals surface area contributed by atoms with E-state index in [2.05, 4.69) is 29.6 Å². The van der Waals surface area contributed by atoms with Crippen molar-refractivity contribution < 1.29 is 18.3 Å². The van der Waals surface area contributed by atoms with Gasteiger partial charge in [-0.2, -0.15) is 0 Å². The van der Waals surface area contributed by atoms with E-state index in [1.165, 1.54) is 11.1 Å². The highest BCUT2D eigenvalue weighted by Gasteiger charge is 2.28. The number of anilines is 1. The number of benzene rings is 3. The van der Waals surface area contributed by atoms with Crippen LogP contribution in [0.3, 0.4) is 0 Å². The quantitative estimate of drug-likeness (QED) is 0.409. The third-order valence-corrected chi connectivity index (χ3v) is 5.35. The topological polar surface area (TPSA) is 64.3 Å². The lowest BCUT2D eigenvalue weighted by molar-refractivity contribution is 0.143. The Balaban J connectivity index is 1.28. The van der Waals surface area contributed by atoms with E-state index in [0.717, 1.165) is 23.3 Å². The van der Waals surface area contributed by atoms with Crippen LogP contribution in [0.25, 0.3) is 17.2 Å². The first-order valence-corrected chi connectivity index (χ1v) is 10.0. The maximum atomic E-state index is 13.3. The smallest absolute Gasteiger partial charge is 0.407 e. The summed E-state index contributed by atoms with van der Waals surface area (Å²) in [5, 5.41) is 2.70. The summed E-state index contributed by atoms with van der Waals surface area (Å²) >= 11 is 0. The van der Waals surface area contributed by atoms with E-state index in [9.17, 15) is 13.6 Å². The van der Waals surface area contributed by atoms with Crippen molar-refractivity contribution in [2.75, 3.05) is 18.9 Å². The van der Waals surface area contributed by atoms with Crippen molar-refractivity contribution in [3.05, 3.63) is 95.1 Å². The number of hydrogen-bond donors (Lipinski definition) is 2. The zero-order chi connectivity index (χ0) is 21.8. The number of alkyl carbamates (subject to hydrolysis) is 1. The molecule has 4 rings (SSSR count). The molecule has 0 spiro atoms. The minimum atomic E-state index is -0.980. The first-order chi connectivity index (χ1) is 15.0. The Morgan fingerprint density at radius 3 is 2.29 bits per heavy atom. The van der Waals surface area contributed by atoms with Gasteiger partial charge in [-0.25, -0.2) is 13.6 Å². The molecule has 0 unspecified atom stereocenters. The summed E-state index contributed by atoms with van der Waals surface area (Å²) in [5.74, 6) is -1.92. The molecule has 0 atom stereocenters. The molecule has 3 aromatic carbocycles. The third-order valence-electron chi connectivity index (χ3n) is 5.35. The van der Waals surface area contributed by atoms with Crippen LogP contribution in [0, 0.1) is 11.6 Å². The summed E-state index contributed by atoms with van der Waals surface area (Å²) in [4.78, 5) is 12.1. The lowest BCUT2D eigenvalue weighted by Gasteiger charge is -2.14.